The average molecular weight is 495 g/mol. The van der Waals surface area contributed by atoms with E-state index in [4.69, 9.17) is 22.1 Å². The van der Waals surface area contributed by atoms with Crippen LogP contribution >= 0.6 is 24.0 Å². The molecule has 2 heterocycles. The lowest BCUT2D eigenvalue weighted by molar-refractivity contribution is -0.385. The Hall–Kier alpha value is -3.50. The van der Waals surface area contributed by atoms with Gasteiger partial charge >= 0.3 is 5.69 Å². The van der Waals surface area contributed by atoms with Crippen molar-refractivity contribution in [1.29, 1.82) is 0 Å². The molecule has 4 rings (SSSR count). The predicted molar refractivity (Wildman–Crippen MR) is 137 cm³/mol. The molecule has 0 aliphatic carbocycles. The minimum absolute atomic E-state index is 0.0568. The first-order chi connectivity index (χ1) is 16.3. The van der Waals surface area contributed by atoms with Crippen molar-refractivity contribution in [2.75, 3.05) is 6.61 Å². The molecule has 0 N–H and O–H groups in total. The Kier molecular flexibility index (Phi) is 6.80. The zero-order valence-electron chi connectivity index (χ0n) is 18.8. The number of carbonyl (C=O) groups is 1. The van der Waals surface area contributed by atoms with E-state index in [0.717, 1.165) is 5.69 Å². The summed E-state index contributed by atoms with van der Waals surface area (Å²) in [5.41, 5.74) is 2.36. The minimum atomic E-state index is -0.476. The van der Waals surface area contributed by atoms with Crippen LogP contribution in [0.1, 0.15) is 26.3 Å². The minimum Gasteiger partial charge on any atom is -0.487 e. The third kappa shape index (κ3) is 4.59. The molecule has 0 bridgehead atoms. The number of nitro benzene ring substituents is 1. The zero-order chi connectivity index (χ0) is 24.4. The topological polar surface area (TPSA) is 90.5 Å². The Morgan fingerprint density at radius 3 is 2.59 bits per heavy atom. The van der Waals surface area contributed by atoms with Crippen LogP contribution in [0, 0.1) is 10.1 Å². The lowest BCUT2D eigenvalue weighted by Crippen LogP contribution is -2.34. The Balaban J connectivity index is 1.86. The Bertz CT molecular complexity index is 1300. The molecule has 1 fully saturated rings. The van der Waals surface area contributed by atoms with Gasteiger partial charge in [-0.1, -0.05) is 42.2 Å². The number of aromatic nitrogens is 2. The Labute approximate surface area is 206 Å². The first-order valence-electron chi connectivity index (χ1n) is 10.6. The number of thiocarbonyl (C=S) groups is 1. The molecule has 8 nitrogen and oxygen atoms in total. The fourth-order valence-corrected chi connectivity index (χ4v) is 5.10. The number of benzene rings is 2. The molecule has 10 heteroatoms. The van der Waals surface area contributed by atoms with Gasteiger partial charge < -0.3 is 4.74 Å². The van der Waals surface area contributed by atoms with E-state index in [1.807, 2.05) is 44.2 Å². The molecular weight excluding hydrogens is 472 g/mol. The molecule has 0 atom stereocenters. The monoisotopic (exact) mass is 494 g/mol. The lowest BCUT2D eigenvalue weighted by atomic mass is 10.1. The molecule has 0 unspecified atom stereocenters. The third-order valence-corrected chi connectivity index (χ3v) is 6.45. The van der Waals surface area contributed by atoms with Crippen LogP contribution in [0.4, 0.5) is 5.69 Å². The molecule has 1 aliphatic heterocycles. The highest BCUT2D eigenvalue weighted by Crippen LogP contribution is 2.37. The molecule has 0 radical (unpaired) electrons. The van der Waals surface area contributed by atoms with Crippen molar-refractivity contribution in [3.8, 4) is 22.7 Å². The molecule has 1 aromatic heterocycles. The van der Waals surface area contributed by atoms with Gasteiger partial charge in [-0.05, 0) is 51.1 Å². The highest BCUT2D eigenvalue weighted by atomic mass is 32.2. The van der Waals surface area contributed by atoms with E-state index in [1.54, 1.807) is 40.9 Å². The van der Waals surface area contributed by atoms with Gasteiger partial charge in [-0.3, -0.25) is 19.8 Å². The number of hydrogen-bond acceptors (Lipinski definition) is 7. The summed E-state index contributed by atoms with van der Waals surface area (Å²) in [6, 6.07) is 14.2. The molecule has 1 aliphatic rings. The summed E-state index contributed by atoms with van der Waals surface area (Å²) in [5.74, 6) is 0.0270. The number of hydrogen-bond donors (Lipinski definition) is 0. The number of ether oxygens (including phenoxy) is 1. The van der Waals surface area contributed by atoms with Gasteiger partial charge in [-0.15, -0.1) is 0 Å². The van der Waals surface area contributed by atoms with Crippen LogP contribution in [0.25, 0.3) is 23.0 Å². The van der Waals surface area contributed by atoms with Crippen molar-refractivity contribution in [3.05, 3.63) is 75.3 Å². The fourth-order valence-electron chi connectivity index (χ4n) is 3.58. The number of amides is 1. The van der Waals surface area contributed by atoms with Crippen molar-refractivity contribution in [3.63, 3.8) is 0 Å². The molecule has 3 aromatic rings. The van der Waals surface area contributed by atoms with Crippen LogP contribution in [0.15, 0.2) is 59.6 Å². The molecule has 1 saturated heterocycles. The van der Waals surface area contributed by atoms with Gasteiger partial charge in [0.25, 0.3) is 5.91 Å². The number of rotatable bonds is 7. The van der Waals surface area contributed by atoms with Crippen molar-refractivity contribution >= 4 is 46.0 Å². The summed E-state index contributed by atoms with van der Waals surface area (Å²) >= 11 is 6.63. The molecular formula is C24H22N4O4S2. The molecule has 2 aromatic carbocycles. The van der Waals surface area contributed by atoms with E-state index in [2.05, 4.69) is 0 Å². The second kappa shape index (κ2) is 9.78. The zero-order valence-corrected chi connectivity index (χ0v) is 20.4. The van der Waals surface area contributed by atoms with Gasteiger partial charge in [-0.2, -0.15) is 5.10 Å². The highest BCUT2D eigenvalue weighted by molar-refractivity contribution is 8.26. The Morgan fingerprint density at radius 1 is 1.24 bits per heavy atom. The largest absolute Gasteiger partial charge is 0.487 e. The first kappa shape index (κ1) is 23.7. The SMILES string of the molecule is CCOc1ccc(-c2nn(-c3ccccc3)cc2/C=C2\SC(=S)N(C(C)C)C2=O)cc1[N+](=O)[O-]. The number of para-hydroxylation sites is 1. The van der Waals surface area contributed by atoms with Crippen molar-refractivity contribution in [1.82, 2.24) is 14.7 Å². The van der Waals surface area contributed by atoms with Crippen LogP contribution < -0.4 is 4.74 Å². The second-order valence-corrected chi connectivity index (χ2v) is 9.41. The summed E-state index contributed by atoms with van der Waals surface area (Å²) in [5, 5.41) is 16.4. The Morgan fingerprint density at radius 2 is 1.97 bits per heavy atom. The van der Waals surface area contributed by atoms with Crippen molar-refractivity contribution in [2.24, 2.45) is 0 Å². The van der Waals surface area contributed by atoms with E-state index in [1.165, 1.54) is 17.8 Å². The van der Waals surface area contributed by atoms with Crippen molar-refractivity contribution < 1.29 is 14.5 Å². The van der Waals surface area contributed by atoms with Crippen LogP contribution in [-0.4, -0.2) is 42.5 Å². The van der Waals surface area contributed by atoms with Crippen molar-refractivity contribution in [2.45, 2.75) is 26.8 Å². The van der Waals surface area contributed by atoms with Crippen LogP contribution in [0.5, 0.6) is 5.75 Å². The number of nitrogens with zero attached hydrogens (tertiary/aromatic N) is 4. The molecule has 174 valence electrons. The van der Waals surface area contributed by atoms with Gasteiger partial charge in [0.15, 0.2) is 5.75 Å². The quantitative estimate of drug-likeness (QED) is 0.187. The fraction of sp³-hybridized carbons (Fsp3) is 0.208. The maximum atomic E-state index is 13.0. The lowest BCUT2D eigenvalue weighted by Gasteiger charge is -2.18. The van der Waals surface area contributed by atoms with E-state index < -0.39 is 4.92 Å². The van der Waals surface area contributed by atoms with Gasteiger partial charge in [0.1, 0.15) is 10.0 Å². The number of thioether (sulfide) groups is 1. The third-order valence-electron chi connectivity index (χ3n) is 5.12. The average Bonchev–Trinajstić information content (AvgIpc) is 3.35. The molecule has 0 spiro atoms. The molecule has 0 saturated carbocycles. The van der Waals surface area contributed by atoms with Gasteiger partial charge in [-0.25, -0.2) is 4.68 Å². The first-order valence-corrected chi connectivity index (χ1v) is 11.9. The summed E-state index contributed by atoms with van der Waals surface area (Å²) in [4.78, 5) is 26.2. The van der Waals surface area contributed by atoms with E-state index in [-0.39, 0.29) is 23.4 Å². The van der Waals surface area contributed by atoms with E-state index in [0.29, 0.717) is 32.7 Å². The van der Waals surface area contributed by atoms with Gasteiger partial charge in [0, 0.05) is 29.4 Å². The summed E-state index contributed by atoms with van der Waals surface area (Å²) in [6.45, 7) is 5.90. The normalized spacial score (nSPS) is 14.9. The summed E-state index contributed by atoms with van der Waals surface area (Å²) in [6.07, 6.45) is 3.54. The molecule has 1 amide bonds. The van der Waals surface area contributed by atoms with Gasteiger partial charge in [0.05, 0.1) is 22.1 Å². The highest BCUT2D eigenvalue weighted by Gasteiger charge is 2.34. The molecule has 34 heavy (non-hydrogen) atoms. The predicted octanol–water partition coefficient (Wildman–Crippen LogP) is 5.46. The maximum absolute atomic E-state index is 13.0. The number of nitro groups is 1. The van der Waals surface area contributed by atoms with E-state index >= 15 is 0 Å². The smallest absolute Gasteiger partial charge is 0.311 e. The van der Waals surface area contributed by atoms with Crippen LogP contribution in [0.2, 0.25) is 0 Å². The summed E-state index contributed by atoms with van der Waals surface area (Å²) in [7, 11) is 0. The van der Waals surface area contributed by atoms with Crippen LogP contribution in [-0.2, 0) is 4.79 Å². The van der Waals surface area contributed by atoms with Crippen LogP contribution in [0.3, 0.4) is 0 Å². The maximum Gasteiger partial charge on any atom is 0.311 e. The summed E-state index contributed by atoms with van der Waals surface area (Å²) < 4.78 is 7.60. The van der Waals surface area contributed by atoms with E-state index in [9.17, 15) is 14.9 Å². The second-order valence-electron chi connectivity index (χ2n) is 7.73. The standard InChI is InChI=1S/C24H22N4O4S2/c1-4-32-20-11-10-16(12-19(20)28(30)31)22-17(14-26(25-22)18-8-6-5-7-9-18)13-21-23(29)27(15(2)3)24(33)34-21/h5-15H,4H2,1-3H3/b21-13-. The number of carbonyl (C=O) groups excluding carboxylic acids is 1. The van der Waals surface area contributed by atoms with Gasteiger partial charge in [0.2, 0.25) is 0 Å².